The SMILES string of the molecule is c1ccc(Nc2nc(Nc3ccc4ncccc4c3)nc3cccnc23)cc1. The third-order valence-electron chi connectivity index (χ3n) is 4.35. The molecule has 134 valence electrons. The zero-order valence-corrected chi connectivity index (χ0v) is 14.9. The highest BCUT2D eigenvalue weighted by molar-refractivity contribution is 5.89. The van der Waals surface area contributed by atoms with Crippen LogP contribution in [-0.2, 0) is 0 Å². The lowest BCUT2D eigenvalue weighted by atomic mass is 10.2. The minimum atomic E-state index is 0.502. The van der Waals surface area contributed by atoms with E-state index in [1.54, 1.807) is 12.4 Å². The van der Waals surface area contributed by atoms with E-state index in [1.165, 1.54) is 0 Å². The first kappa shape index (κ1) is 16.1. The van der Waals surface area contributed by atoms with Crippen molar-refractivity contribution in [1.29, 1.82) is 0 Å². The maximum atomic E-state index is 4.66. The highest BCUT2D eigenvalue weighted by Crippen LogP contribution is 2.25. The summed E-state index contributed by atoms with van der Waals surface area (Å²) in [5.41, 5.74) is 4.27. The molecule has 6 heteroatoms. The molecule has 0 amide bonds. The smallest absolute Gasteiger partial charge is 0.229 e. The van der Waals surface area contributed by atoms with E-state index >= 15 is 0 Å². The Labute approximate surface area is 161 Å². The van der Waals surface area contributed by atoms with Crippen molar-refractivity contribution in [3.63, 3.8) is 0 Å². The molecule has 0 saturated heterocycles. The Balaban J connectivity index is 1.55. The Morgan fingerprint density at radius 2 is 1.46 bits per heavy atom. The minimum absolute atomic E-state index is 0.502. The lowest BCUT2D eigenvalue weighted by Gasteiger charge is -2.11. The zero-order chi connectivity index (χ0) is 18.8. The molecular formula is C22H16N6. The molecule has 28 heavy (non-hydrogen) atoms. The van der Waals surface area contributed by atoms with E-state index in [-0.39, 0.29) is 0 Å². The fourth-order valence-corrected chi connectivity index (χ4v) is 3.05. The van der Waals surface area contributed by atoms with Gasteiger partial charge in [-0.05, 0) is 48.5 Å². The summed E-state index contributed by atoms with van der Waals surface area (Å²) in [5.74, 6) is 1.16. The molecule has 3 heterocycles. The molecule has 0 bridgehead atoms. The van der Waals surface area contributed by atoms with Gasteiger partial charge >= 0.3 is 0 Å². The third kappa shape index (κ3) is 3.19. The molecular weight excluding hydrogens is 348 g/mol. The summed E-state index contributed by atoms with van der Waals surface area (Å²) in [6.07, 6.45) is 3.53. The largest absolute Gasteiger partial charge is 0.338 e. The van der Waals surface area contributed by atoms with Gasteiger partial charge < -0.3 is 10.6 Å². The Kier molecular flexibility index (Phi) is 3.99. The van der Waals surface area contributed by atoms with Crippen LogP contribution >= 0.6 is 0 Å². The Morgan fingerprint density at radius 1 is 0.607 bits per heavy atom. The molecule has 6 nitrogen and oxygen atoms in total. The molecule has 0 aliphatic rings. The predicted octanol–water partition coefficient (Wildman–Crippen LogP) is 5.06. The second-order valence-corrected chi connectivity index (χ2v) is 6.29. The summed E-state index contributed by atoms with van der Waals surface area (Å²) in [7, 11) is 0. The fourth-order valence-electron chi connectivity index (χ4n) is 3.05. The summed E-state index contributed by atoms with van der Waals surface area (Å²) < 4.78 is 0. The number of fused-ring (bicyclic) bond motifs is 2. The lowest BCUT2D eigenvalue weighted by molar-refractivity contribution is 1.19. The van der Waals surface area contributed by atoms with Crippen molar-refractivity contribution in [2.75, 3.05) is 10.6 Å². The Bertz CT molecular complexity index is 1270. The number of hydrogen-bond acceptors (Lipinski definition) is 6. The van der Waals surface area contributed by atoms with Gasteiger partial charge in [-0.15, -0.1) is 0 Å². The molecule has 5 aromatic rings. The van der Waals surface area contributed by atoms with Crippen molar-refractivity contribution in [3.05, 3.63) is 85.2 Å². The zero-order valence-electron chi connectivity index (χ0n) is 14.9. The Morgan fingerprint density at radius 3 is 2.39 bits per heavy atom. The fraction of sp³-hybridized carbons (Fsp3) is 0. The van der Waals surface area contributed by atoms with Crippen LogP contribution in [0.4, 0.5) is 23.1 Å². The van der Waals surface area contributed by atoms with E-state index in [0.717, 1.165) is 33.3 Å². The van der Waals surface area contributed by atoms with Crippen LogP contribution in [0.5, 0.6) is 0 Å². The van der Waals surface area contributed by atoms with E-state index in [2.05, 4.69) is 30.6 Å². The average Bonchev–Trinajstić information content (AvgIpc) is 2.74. The number of rotatable bonds is 4. The second kappa shape index (κ2) is 6.92. The molecule has 0 spiro atoms. The normalized spacial score (nSPS) is 10.9. The van der Waals surface area contributed by atoms with Gasteiger partial charge in [0.25, 0.3) is 0 Å². The van der Waals surface area contributed by atoms with Crippen molar-refractivity contribution < 1.29 is 0 Å². The minimum Gasteiger partial charge on any atom is -0.338 e. The molecule has 0 atom stereocenters. The predicted molar refractivity (Wildman–Crippen MR) is 112 cm³/mol. The summed E-state index contributed by atoms with van der Waals surface area (Å²) in [6, 6.07) is 23.6. The average molecular weight is 364 g/mol. The van der Waals surface area contributed by atoms with Crippen molar-refractivity contribution in [1.82, 2.24) is 19.9 Å². The van der Waals surface area contributed by atoms with Crippen molar-refractivity contribution in [3.8, 4) is 0 Å². The van der Waals surface area contributed by atoms with E-state index in [1.807, 2.05) is 72.8 Å². The number of nitrogens with one attached hydrogen (secondary N) is 2. The van der Waals surface area contributed by atoms with Crippen LogP contribution in [0, 0.1) is 0 Å². The van der Waals surface area contributed by atoms with Gasteiger partial charge in [0.05, 0.1) is 11.0 Å². The van der Waals surface area contributed by atoms with Crippen molar-refractivity contribution in [2.24, 2.45) is 0 Å². The van der Waals surface area contributed by atoms with Gasteiger partial charge in [-0.3, -0.25) is 9.97 Å². The Hall–Kier alpha value is -4.06. The number of para-hydroxylation sites is 1. The number of hydrogen-bond donors (Lipinski definition) is 2. The third-order valence-corrected chi connectivity index (χ3v) is 4.35. The molecule has 0 unspecified atom stereocenters. The van der Waals surface area contributed by atoms with Crippen LogP contribution in [0.25, 0.3) is 21.9 Å². The van der Waals surface area contributed by atoms with Gasteiger partial charge in [-0.25, -0.2) is 4.98 Å². The van der Waals surface area contributed by atoms with Crippen LogP contribution in [0.3, 0.4) is 0 Å². The first-order chi connectivity index (χ1) is 13.8. The lowest BCUT2D eigenvalue weighted by Crippen LogP contribution is -2.03. The summed E-state index contributed by atoms with van der Waals surface area (Å²) in [4.78, 5) is 18.1. The number of aromatic nitrogens is 4. The van der Waals surface area contributed by atoms with Crippen LogP contribution in [0.2, 0.25) is 0 Å². The van der Waals surface area contributed by atoms with Crippen LogP contribution in [0.15, 0.2) is 85.2 Å². The van der Waals surface area contributed by atoms with Gasteiger partial charge in [0.2, 0.25) is 5.95 Å². The molecule has 2 N–H and O–H groups in total. The van der Waals surface area contributed by atoms with Gasteiger partial charge in [0.15, 0.2) is 5.82 Å². The number of benzene rings is 2. The van der Waals surface area contributed by atoms with E-state index in [4.69, 9.17) is 0 Å². The topological polar surface area (TPSA) is 75.6 Å². The molecule has 0 saturated carbocycles. The highest BCUT2D eigenvalue weighted by atomic mass is 15.2. The maximum absolute atomic E-state index is 4.66. The molecule has 2 aromatic carbocycles. The first-order valence-corrected chi connectivity index (χ1v) is 8.92. The molecule has 0 fully saturated rings. The van der Waals surface area contributed by atoms with E-state index in [9.17, 15) is 0 Å². The number of anilines is 4. The van der Waals surface area contributed by atoms with Gasteiger partial charge in [-0.2, -0.15) is 4.98 Å². The van der Waals surface area contributed by atoms with E-state index < -0.39 is 0 Å². The summed E-state index contributed by atoms with van der Waals surface area (Å²) in [6.45, 7) is 0. The number of pyridine rings is 2. The summed E-state index contributed by atoms with van der Waals surface area (Å²) in [5, 5.41) is 7.69. The summed E-state index contributed by atoms with van der Waals surface area (Å²) >= 11 is 0. The van der Waals surface area contributed by atoms with Crippen molar-refractivity contribution >= 4 is 45.1 Å². The number of nitrogens with zero attached hydrogens (tertiary/aromatic N) is 4. The van der Waals surface area contributed by atoms with Crippen molar-refractivity contribution in [2.45, 2.75) is 0 Å². The molecule has 3 aromatic heterocycles. The highest BCUT2D eigenvalue weighted by Gasteiger charge is 2.10. The quantitative estimate of drug-likeness (QED) is 0.464. The molecule has 0 aliphatic carbocycles. The first-order valence-electron chi connectivity index (χ1n) is 8.92. The molecule has 5 rings (SSSR count). The monoisotopic (exact) mass is 364 g/mol. The van der Waals surface area contributed by atoms with E-state index in [0.29, 0.717) is 11.8 Å². The molecule has 0 radical (unpaired) electrons. The van der Waals surface area contributed by atoms with Gasteiger partial charge in [0, 0.05) is 29.2 Å². The van der Waals surface area contributed by atoms with Gasteiger partial charge in [-0.1, -0.05) is 24.3 Å². The molecule has 0 aliphatic heterocycles. The van der Waals surface area contributed by atoms with Crippen LogP contribution in [0.1, 0.15) is 0 Å². The standard InChI is InChI=1S/C22H16N6/c1-2-7-16(8-3-1)25-21-20-19(9-5-13-24-20)27-22(28-21)26-17-10-11-18-15(14-17)6-4-12-23-18/h1-14H,(H2,25,26,27,28). The van der Waals surface area contributed by atoms with Crippen LogP contribution < -0.4 is 10.6 Å². The van der Waals surface area contributed by atoms with Gasteiger partial charge in [0.1, 0.15) is 5.52 Å². The second-order valence-electron chi connectivity index (χ2n) is 6.29. The van der Waals surface area contributed by atoms with Crippen LogP contribution in [-0.4, -0.2) is 19.9 Å². The maximum Gasteiger partial charge on any atom is 0.229 e.